The number of benzene rings is 2. The number of fused-ring (bicyclic) bond motifs is 2. The fraction of sp³-hybridized carbons (Fsp3) is 0.150. The largest absolute Gasteiger partial charge is 0.253 e. The Morgan fingerprint density at radius 3 is 2.13 bits per heavy atom. The van der Waals surface area contributed by atoms with Crippen LogP contribution in [-0.2, 0) is 6.42 Å². The average Bonchev–Trinajstić information content (AvgIpc) is 2.61. The molecule has 0 N–H and O–H groups in total. The Morgan fingerprint density at radius 2 is 1.39 bits per heavy atom. The van der Waals surface area contributed by atoms with Crippen LogP contribution in [-0.4, -0.2) is 15.0 Å². The van der Waals surface area contributed by atoms with E-state index in [1.165, 1.54) is 5.39 Å². The minimum Gasteiger partial charge on any atom is -0.253 e. The number of pyridine rings is 1. The van der Waals surface area contributed by atoms with Gasteiger partial charge in [-0.05, 0) is 25.1 Å². The number of rotatable bonds is 1. The summed E-state index contributed by atoms with van der Waals surface area (Å²) in [5, 5.41) is 2.31. The predicted octanol–water partition coefficient (Wildman–Crippen LogP) is 4.74. The smallest absolute Gasteiger partial charge is 0.128 e. The number of para-hydroxylation sites is 2. The van der Waals surface area contributed by atoms with Gasteiger partial charge >= 0.3 is 0 Å². The van der Waals surface area contributed by atoms with E-state index >= 15 is 0 Å². The molecular formula is C20H19N3. The first-order chi connectivity index (χ1) is 11.3. The molecule has 3 nitrogen and oxygen atoms in total. The molecule has 0 saturated heterocycles. The second-order valence-corrected chi connectivity index (χ2v) is 5.34. The van der Waals surface area contributed by atoms with Crippen LogP contribution >= 0.6 is 0 Å². The molecule has 0 amide bonds. The van der Waals surface area contributed by atoms with Gasteiger partial charge in [-0.15, -0.1) is 0 Å². The Hall–Kier alpha value is -2.81. The third-order valence-electron chi connectivity index (χ3n) is 3.59. The van der Waals surface area contributed by atoms with Gasteiger partial charge in [0.25, 0.3) is 0 Å². The van der Waals surface area contributed by atoms with E-state index in [1.54, 1.807) is 0 Å². The van der Waals surface area contributed by atoms with Crippen LogP contribution in [0.15, 0.2) is 66.9 Å². The summed E-state index contributed by atoms with van der Waals surface area (Å²) < 4.78 is 0. The standard InChI is InChI=1S/C10H10N2.C10H9N/c1-2-10-11-7-8-5-3-4-6-9(8)12-10;1-8-6-7-9-4-2-3-5-10(9)11-8/h3-7H,2H2,1H3;2-7H,1H3. The average molecular weight is 301 g/mol. The first-order valence-corrected chi connectivity index (χ1v) is 7.79. The highest BCUT2D eigenvalue weighted by molar-refractivity contribution is 5.78. The molecule has 114 valence electrons. The van der Waals surface area contributed by atoms with Crippen molar-refractivity contribution in [1.82, 2.24) is 15.0 Å². The summed E-state index contributed by atoms with van der Waals surface area (Å²) in [5.41, 5.74) is 3.18. The quantitative estimate of drug-likeness (QED) is 0.510. The zero-order chi connectivity index (χ0) is 16.1. The third-order valence-corrected chi connectivity index (χ3v) is 3.59. The first-order valence-electron chi connectivity index (χ1n) is 7.79. The van der Waals surface area contributed by atoms with Crippen molar-refractivity contribution in [2.24, 2.45) is 0 Å². The lowest BCUT2D eigenvalue weighted by Gasteiger charge is -1.97. The van der Waals surface area contributed by atoms with Crippen molar-refractivity contribution < 1.29 is 0 Å². The second kappa shape index (κ2) is 6.97. The maximum atomic E-state index is 4.38. The van der Waals surface area contributed by atoms with Gasteiger partial charge in [0.15, 0.2) is 0 Å². The lowest BCUT2D eigenvalue weighted by Crippen LogP contribution is -1.91. The molecule has 0 aliphatic heterocycles. The molecule has 3 heteroatoms. The summed E-state index contributed by atoms with van der Waals surface area (Å²) in [6, 6.07) is 20.3. The Balaban J connectivity index is 0.000000136. The predicted molar refractivity (Wildman–Crippen MR) is 95.4 cm³/mol. The lowest BCUT2D eigenvalue weighted by atomic mass is 10.2. The van der Waals surface area contributed by atoms with Gasteiger partial charge in [0.2, 0.25) is 0 Å². The van der Waals surface area contributed by atoms with Crippen molar-refractivity contribution in [2.45, 2.75) is 20.3 Å². The van der Waals surface area contributed by atoms with Crippen LogP contribution in [0.5, 0.6) is 0 Å². The van der Waals surface area contributed by atoms with Crippen LogP contribution in [0.4, 0.5) is 0 Å². The molecule has 23 heavy (non-hydrogen) atoms. The third kappa shape index (κ3) is 3.69. The highest BCUT2D eigenvalue weighted by atomic mass is 14.9. The van der Waals surface area contributed by atoms with Crippen LogP contribution in [0.1, 0.15) is 18.4 Å². The number of aryl methyl sites for hydroxylation is 2. The van der Waals surface area contributed by atoms with E-state index in [4.69, 9.17) is 0 Å². The molecule has 0 atom stereocenters. The molecule has 2 heterocycles. The molecular weight excluding hydrogens is 282 g/mol. The Labute approximate surface area is 136 Å². The molecule has 4 rings (SSSR count). The van der Waals surface area contributed by atoms with Crippen molar-refractivity contribution in [2.75, 3.05) is 0 Å². The van der Waals surface area contributed by atoms with Crippen molar-refractivity contribution >= 4 is 21.8 Å². The molecule has 0 aliphatic carbocycles. The zero-order valence-electron chi connectivity index (χ0n) is 13.4. The van der Waals surface area contributed by atoms with Crippen LogP contribution in [0.2, 0.25) is 0 Å². The minimum absolute atomic E-state index is 0.894. The van der Waals surface area contributed by atoms with Crippen molar-refractivity contribution in [1.29, 1.82) is 0 Å². The summed E-state index contributed by atoms with van der Waals surface area (Å²) in [6.07, 6.45) is 2.77. The SMILES string of the molecule is CCc1ncc2ccccc2n1.Cc1ccc2ccccc2n1. The maximum Gasteiger partial charge on any atom is 0.128 e. The topological polar surface area (TPSA) is 38.7 Å². The summed E-state index contributed by atoms with van der Waals surface area (Å²) >= 11 is 0. The van der Waals surface area contributed by atoms with Crippen molar-refractivity contribution in [3.8, 4) is 0 Å². The van der Waals surface area contributed by atoms with Crippen LogP contribution in [0.3, 0.4) is 0 Å². The van der Waals surface area contributed by atoms with Crippen LogP contribution < -0.4 is 0 Å². The molecule has 0 fully saturated rings. The Kier molecular flexibility index (Phi) is 4.57. The Bertz CT molecular complexity index is 932. The number of hydrogen-bond donors (Lipinski definition) is 0. The first kappa shape index (κ1) is 15.1. The number of aromatic nitrogens is 3. The molecule has 2 aromatic heterocycles. The fourth-order valence-electron chi connectivity index (χ4n) is 2.35. The van der Waals surface area contributed by atoms with Gasteiger partial charge in [-0.25, -0.2) is 9.97 Å². The van der Waals surface area contributed by atoms with Gasteiger partial charge in [0.1, 0.15) is 5.82 Å². The molecule has 4 aromatic rings. The molecule has 0 saturated carbocycles. The van der Waals surface area contributed by atoms with E-state index in [1.807, 2.05) is 61.7 Å². The minimum atomic E-state index is 0.894. The van der Waals surface area contributed by atoms with Gasteiger partial charge in [-0.3, -0.25) is 4.98 Å². The van der Waals surface area contributed by atoms with E-state index < -0.39 is 0 Å². The molecule has 0 radical (unpaired) electrons. The van der Waals surface area contributed by atoms with Gasteiger partial charge in [-0.2, -0.15) is 0 Å². The van der Waals surface area contributed by atoms with Gasteiger partial charge in [-0.1, -0.05) is 49.4 Å². The number of hydrogen-bond acceptors (Lipinski definition) is 3. The van der Waals surface area contributed by atoms with Gasteiger partial charge in [0.05, 0.1) is 11.0 Å². The van der Waals surface area contributed by atoms with Crippen LogP contribution in [0, 0.1) is 6.92 Å². The second-order valence-electron chi connectivity index (χ2n) is 5.34. The Morgan fingerprint density at radius 1 is 0.739 bits per heavy atom. The zero-order valence-corrected chi connectivity index (χ0v) is 13.4. The van der Waals surface area contributed by atoms with E-state index in [2.05, 4.69) is 34.0 Å². The van der Waals surface area contributed by atoms with E-state index in [-0.39, 0.29) is 0 Å². The summed E-state index contributed by atoms with van der Waals surface area (Å²) in [5.74, 6) is 0.911. The molecule has 0 spiro atoms. The van der Waals surface area contributed by atoms with E-state index in [0.717, 1.165) is 34.4 Å². The van der Waals surface area contributed by atoms with Crippen LogP contribution in [0.25, 0.3) is 21.8 Å². The van der Waals surface area contributed by atoms with E-state index in [9.17, 15) is 0 Å². The van der Waals surface area contributed by atoms with Crippen molar-refractivity contribution in [3.63, 3.8) is 0 Å². The van der Waals surface area contributed by atoms with E-state index in [0.29, 0.717) is 0 Å². The van der Waals surface area contributed by atoms with Gasteiger partial charge < -0.3 is 0 Å². The summed E-state index contributed by atoms with van der Waals surface area (Å²) in [6.45, 7) is 4.07. The highest BCUT2D eigenvalue weighted by Crippen LogP contribution is 2.10. The highest BCUT2D eigenvalue weighted by Gasteiger charge is 1.95. The molecule has 2 aromatic carbocycles. The normalized spacial score (nSPS) is 10.3. The van der Waals surface area contributed by atoms with Crippen molar-refractivity contribution in [3.05, 3.63) is 78.4 Å². The monoisotopic (exact) mass is 301 g/mol. The maximum absolute atomic E-state index is 4.38. The summed E-state index contributed by atoms with van der Waals surface area (Å²) in [7, 11) is 0. The molecule has 0 aliphatic rings. The summed E-state index contributed by atoms with van der Waals surface area (Å²) in [4.78, 5) is 13.0. The number of nitrogens with zero attached hydrogens (tertiary/aromatic N) is 3. The molecule has 0 unspecified atom stereocenters. The molecule has 0 bridgehead atoms. The fourth-order valence-corrected chi connectivity index (χ4v) is 2.35. The van der Waals surface area contributed by atoms with Gasteiger partial charge in [0, 0.05) is 29.1 Å². The lowest BCUT2D eigenvalue weighted by molar-refractivity contribution is 0.961.